The number of hydrogen-bond donors (Lipinski definition) is 2. The lowest BCUT2D eigenvalue weighted by Crippen LogP contribution is -2.43. The SMILES string of the molecule is CCCC(CNC(=O)c1cccnc1)NC(=O)c1cccnc1. The second-order valence-corrected chi connectivity index (χ2v) is 5.15. The van der Waals surface area contributed by atoms with Crippen molar-refractivity contribution in [2.75, 3.05) is 6.54 Å². The average molecular weight is 312 g/mol. The van der Waals surface area contributed by atoms with Gasteiger partial charge in [-0.25, -0.2) is 0 Å². The van der Waals surface area contributed by atoms with Crippen molar-refractivity contribution in [3.63, 3.8) is 0 Å². The van der Waals surface area contributed by atoms with E-state index in [4.69, 9.17) is 0 Å². The highest BCUT2D eigenvalue weighted by molar-refractivity contribution is 5.95. The van der Waals surface area contributed by atoms with Crippen LogP contribution in [0.1, 0.15) is 40.5 Å². The average Bonchev–Trinajstić information content (AvgIpc) is 2.61. The summed E-state index contributed by atoms with van der Waals surface area (Å²) in [7, 11) is 0. The highest BCUT2D eigenvalue weighted by Crippen LogP contribution is 2.01. The predicted octanol–water partition coefficient (Wildman–Crippen LogP) is 1.81. The van der Waals surface area contributed by atoms with Gasteiger partial charge in [0.25, 0.3) is 11.8 Å². The van der Waals surface area contributed by atoms with Gasteiger partial charge >= 0.3 is 0 Å². The quantitative estimate of drug-likeness (QED) is 0.816. The van der Waals surface area contributed by atoms with E-state index in [1.807, 2.05) is 6.92 Å². The molecule has 0 aliphatic heterocycles. The zero-order valence-corrected chi connectivity index (χ0v) is 13.0. The molecule has 1 atom stereocenters. The minimum absolute atomic E-state index is 0.131. The number of amides is 2. The fraction of sp³-hybridized carbons (Fsp3) is 0.294. The van der Waals surface area contributed by atoms with Crippen molar-refractivity contribution >= 4 is 11.8 Å². The summed E-state index contributed by atoms with van der Waals surface area (Å²) in [5, 5.41) is 5.76. The van der Waals surface area contributed by atoms with Crippen LogP contribution in [-0.4, -0.2) is 34.4 Å². The van der Waals surface area contributed by atoms with Gasteiger partial charge in [-0.3, -0.25) is 19.6 Å². The molecule has 2 N–H and O–H groups in total. The number of hydrogen-bond acceptors (Lipinski definition) is 4. The van der Waals surface area contributed by atoms with Crippen molar-refractivity contribution in [1.29, 1.82) is 0 Å². The Bertz CT molecular complexity index is 632. The van der Waals surface area contributed by atoms with Crippen molar-refractivity contribution in [3.05, 3.63) is 60.2 Å². The molecule has 1 unspecified atom stereocenters. The van der Waals surface area contributed by atoms with E-state index in [1.165, 1.54) is 12.4 Å². The standard InChI is InChI=1S/C17H20N4O2/c1-2-5-15(21-17(23)14-7-4-9-19-11-14)12-20-16(22)13-6-3-8-18-10-13/h3-4,6-11,15H,2,5,12H2,1H3,(H,20,22)(H,21,23). The molecule has 23 heavy (non-hydrogen) atoms. The molecule has 2 aromatic rings. The maximum atomic E-state index is 12.2. The van der Waals surface area contributed by atoms with E-state index in [-0.39, 0.29) is 17.9 Å². The molecule has 2 aromatic heterocycles. The van der Waals surface area contributed by atoms with Crippen LogP contribution < -0.4 is 10.6 Å². The molecule has 2 rings (SSSR count). The lowest BCUT2D eigenvalue weighted by molar-refractivity contribution is 0.0906. The van der Waals surface area contributed by atoms with E-state index in [9.17, 15) is 9.59 Å². The summed E-state index contributed by atoms with van der Waals surface area (Å²) in [6.07, 6.45) is 7.95. The Morgan fingerprint density at radius 2 is 1.65 bits per heavy atom. The van der Waals surface area contributed by atoms with E-state index < -0.39 is 0 Å². The molecule has 2 heterocycles. The highest BCUT2D eigenvalue weighted by Gasteiger charge is 2.15. The third kappa shape index (κ3) is 5.18. The van der Waals surface area contributed by atoms with Crippen molar-refractivity contribution in [1.82, 2.24) is 20.6 Å². The van der Waals surface area contributed by atoms with Crippen molar-refractivity contribution < 1.29 is 9.59 Å². The van der Waals surface area contributed by atoms with E-state index in [2.05, 4.69) is 20.6 Å². The van der Waals surface area contributed by atoms with Crippen LogP contribution in [0, 0.1) is 0 Å². The van der Waals surface area contributed by atoms with Gasteiger partial charge in [0.15, 0.2) is 0 Å². The molecule has 0 aliphatic rings. The second kappa shape index (κ2) is 8.63. The minimum atomic E-state index is -0.199. The zero-order chi connectivity index (χ0) is 16.5. The van der Waals surface area contributed by atoms with Crippen LogP contribution in [0.25, 0.3) is 0 Å². The number of nitrogens with zero attached hydrogens (tertiary/aromatic N) is 2. The minimum Gasteiger partial charge on any atom is -0.350 e. The molecule has 0 saturated carbocycles. The van der Waals surface area contributed by atoms with Gasteiger partial charge in [-0.1, -0.05) is 13.3 Å². The summed E-state index contributed by atoms with van der Waals surface area (Å²) in [6.45, 7) is 2.40. The summed E-state index contributed by atoms with van der Waals surface area (Å²) in [6, 6.07) is 6.70. The first-order valence-corrected chi connectivity index (χ1v) is 7.59. The maximum Gasteiger partial charge on any atom is 0.253 e. The number of carbonyl (C=O) groups excluding carboxylic acids is 2. The molecule has 0 aromatic carbocycles. The first kappa shape index (κ1) is 16.6. The molecular formula is C17H20N4O2. The van der Waals surface area contributed by atoms with Gasteiger partial charge in [0, 0.05) is 37.4 Å². The Labute approximate surface area is 135 Å². The van der Waals surface area contributed by atoms with Gasteiger partial charge in [0.1, 0.15) is 0 Å². The molecule has 0 fully saturated rings. The van der Waals surface area contributed by atoms with Gasteiger partial charge in [-0.2, -0.15) is 0 Å². The van der Waals surface area contributed by atoms with E-state index in [0.29, 0.717) is 17.7 Å². The number of pyridine rings is 2. The van der Waals surface area contributed by atoms with Crippen molar-refractivity contribution in [2.45, 2.75) is 25.8 Å². The number of nitrogens with one attached hydrogen (secondary N) is 2. The van der Waals surface area contributed by atoms with Crippen molar-refractivity contribution in [2.24, 2.45) is 0 Å². The Balaban J connectivity index is 1.91. The van der Waals surface area contributed by atoms with Crippen LogP contribution in [0.5, 0.6) is 0 Å². The van der Waals surface area contributed by atoms with Crippen LogP contribution in [0.15, 0.2) is 49.1 Å². The Morgan fingerprint density at radius 1 is 1.04 bits per heavy atom. The molecule has 120 valence electrons. The molecule has 0 saturated heterocycles. The van der Waals surface area contributed by atoms with E-state index >= 15 is 0 Å². The fourth-order valence-corrected chi connectivity index (χ4v) is 2.15. The van der Waals surface area contributed by atoms with Crippen LogP contribution in [0.3, 0.4) is 0 Å². The third-order valence-electron chi connectivity index (χ3n) is 3.33. The van der Waals surface area contributed by atoms with Gasteiger partial charge in [0.2, 0.25) is 0 Å². The Morgan fingerprint density at radius 3 is 2.17 bits per heavy atom. The van der Waals surface area contributed by atoms with Crippen LogP contribution in [0.4, 0.5) is 0 Å². The number of aromatic nitrogens is 2. The Hall–Kier alpha value is -2.76. The van der Waals surface area contributed by atoms with E-state index in [0.717, 1.165) is 12.8 Å². The molecule has 0 radical (unpaired) electrons. The monoisotopic (exact) mass is 312 g/mol. The molecule has 2 amide bonds. The lowest BCUT2D eigenvalue weighted by Gasteiger charge is -2.18. The normalized spacial score (nSPS) is 11.5. The summed E-state index contributed by atoms with van der Waals surface area (Å²) in [4.78, 5) is 32.1. The summed E-state index contributed by atoms with van der Waals surface area (Å²) in [5.41, 5.74) is 1.01. The van der Waals surface area contributed by atoms with Gasteiger partial charge < -0.3 is 10.6 Å². The first-order valence-electron chi connectivity index (χ1n) is 7.59. The molecule has 6 nitrogen and oxygen atoms in total. The van der Waals surface area contributed by atoms with Crippen LogP contribution in [-0.2, 0) is 0 Å². The largest absolute Gasteiger partial charge is 0.350 e. The summed E-state index contributed by atoms with van der Waals surface area (Å²) < 4.78 is 0. The van der Waals surface area contributed by atoms with Gasteiger partial charge in [0.05, 0.1) is 11.1 Å². The van der Waals surface area contributed by atoms with Gasteiger partial charge in [-0.15, -0.1) is 0 Å². The smallest absolute Gasteiger partial charge is 0.253 e. The molecule has 6 heteroatoms. The second-order valence-electron chi connectivity index (χ2n) is 5.15. The third-order valence-corrected chi connectivity index (χ3v) is 3.33. The summed E-state index contributed by atoms with van der Waals surface area (Å²) in [5.74, 6) is -0.387. The number of rotatable bonds is 7. The predicted molar refractivity (Wildman–Crippen MR) is 87.0 cm³/mol. The topological polar surface area (TPSA) is 84.0 Å². The van der Waals surface area contributed by atoms with E-state index in [1.54, 1.807) is 36.7 Å². The number of carbonyl (C=O) groups is 2. The van der Waals surface area contributed by atoms with Crippen LogP contribution in [0.2, 0.25) is 0 Å². The summed E-state index contributed by atoms with van der Waals surface area (Å²) >= 11 is 0. The molecule has 0 aliphatic carbocycles. The zero-order valence-electron chi connectivity index (χ0n) is 13.0. The van der Waals surface area contributed by atoms with Gasteiger partial charge in [-0.05, 0) is 30.7 Å². The van der Waals surface area contributed by atoms with Crippen molar-refractivity contribution in [3.8, 4) is 0 Å². The fourth-order valence-electron chi connectivity index (χ4n) is 2.15. The van der Waals surface area contributed by atoms with Crippen LogP contribution >= 0.6 is 0 Å². The highest BCUT2D eigenvalue weighted by atomic mass is 16.2. The lowest BCUT2D eigenvalue weighted by atomic mass is 10.1. The molecular weight excluding hydrogens is 292 g/mol. The maximum absolute atomic E-state index is 12.2. The Kier molecular flexibility index (Phi) is 6.23. The molecule has 0 bridgehead atoms. The molecule has 0 spiro atoms. The first-order chi connectivity index (χ1) is 11.2.